The molecule has 1 saturated heterocycles. The van der Waals surface area contributed by atoms with Crippen LogP contribution in [0.2, 0.25) is 5.02 Å². The summed E-state index contributed by atoms with van der Waals surface area (Å²) in [6, 6.07) is 7.74. The van der Waals surface area contributed by atoms with Crippen LogP contribution in [0.3, 0.4) is 0 Å². The van der Waals surface area contributed by atoms with Gasteiger partial charge in [0.25, 0.3) is 0 Å². The molecule has 0 radical (unpaired) electrons. The summed E-state index contributed by atoms with van der Waals surface area (Å²) >= 11 is 6.04. The van der Waals surface area contributed by atoms with Crippen molar-refractivity contribution in [3.63, 3.8) is 0 Å². The maximum atomic E-state index is 13.5. The number of likely N-dealkylation sites (tertiary alicyclic amines) is 1. The van der Waals surface area contributed by atoms with E-state index in [2.05, 4.69) is 18.2 Å². The smallest absolute Gasteiger partial charge is 0.229 e. The second-order valence-electron chi connectivity index (χ2n) is 7.24. The summed E-state index contributed by atoms with van der Waals surface area (Å²) in [4.78, 5) is 15.5. The predicted octanol–water partition coefficient (Wildman–Crippen LogP) is 4.25. The molecule has 1 aromatic rings. The number of piperidine rings is 1. The summed E-state index contributed by atoms with van der Waals surface area (Å²) in [5.41, 5.74) is 0.670. The number of halogens is 1. The van der Waals surface area contributed by atoms with Gasteiger partial charge in [0.2, 0.25) is 5.91 Å². The molecule has 4 atom stereocenters. The molecule has 0 saturated carbocycles. The Labute approximate surface area is 164 Å². The maximum absolute atomic E-state index is 13.5. The largest absolute Gasteiger partial charge is 0.331 e. The molecule has 1 aromatic carbocycles. The molecule has 1 aliphatic rings. The minimum absolute atomic E-state index is 0.00898. The number of allylic oxidation sites excluding steroid dienone is 1. The van der Waals surface area contributed by atoms with Gasteiger partial charge in [0.15, 0.2) is 0 Å². The highest BCUT2D eigenvalue weighted by Crippen LogP contribution is 2.44. The monoisotopic (exact) mass is 396 g/mol. The number of nitrogens with one attached hydrogen (secondary N) is 1. The van der Waals surface area contributed by atoms with E-state index in [1.807, 2.05) is 42.2 Å². The molecule has 3 unspecified atom stereocenters. The first-order valence-electron chi connectivity index (χ1n) is 9.08. The van der Waals surface area contributed by atoms with Gasteiger partial charge in [-0.2, -0.15) is 0 Å². The second-order valence-corrected chi connectivity index (χ2v) is 8.87. The molecule has 144 valence electrons. The molecule has 1 amide bonds. The highest BCUT2D eigenvalue weighted by atomic mass is 35.5. The molecule has 1 N–H and O–H groups in total. The van der Waals surface area contributed by atoms with Crippen molar-refractivity contribution in [2.45, 2.75) is 51.6 Å². The first-order valence-corrected chi connectivity index (χ1v) is 11.0. The minimum Gasteiger partial charge on any atom is -0.331 e. The summed E-state index contributed by atoms with van der Waals surface area (Å²) in [5.74, 6) is 0.152. The zero-order chi connectivity index (χ0) is 19.3. The highest BCUT2D eigenvalue weighted by molar-refractivity contribution is 7.82. The summed E-state index contributed by atoms with van der Waals surface area (Å²) in [5, 5.41) is 0.689. The molecule has 0 bridgehead atoms. The predicted molar refractivity (Wildman–Crippen MR) is 109 cm³/mol. The van der Waals surface area contributed by atoms with Crippen molar-refractivity contribution < 1.29 is 9.00 Å². The molecule has 1 aliphatic heterocycles. The van der Waals surface area contributed by atoms with Crippen LogP contribution < -0.4 is 4.72 Å². The van der Waals surface area contributed by atoms with E-state index in [-0.39, 0.29) is 18.0 Å². The fraction of sp³-hybridized carbons (Fsp3) is 0.550. The summed E-state index contributed by atoms with van der Waals surface area (Å²) in [6.07, 6.45) is 6.63. The number of amides is 1. The van der Waals surface area contributed by atoms with E-state index in [4.69, 9.17) is 11.6 Å². The van der Waals surface area contributed by atoms with Crippen molar-refractivity contribution in [3.05, 3.63) is 47.5 Å². The number of hydrogen-bond acceptors (Lipinski definition) is 2. The molecule has 0 aliphatic carbocycles. The van der Waals surface area contributed by atoms with Crippen LogP contribution in [-0.2, 0) is 15.8 Å². The lowest BCUT2D eigenvalue weighted by Crippen LogP contribution is -2.55. The number of hydrogen-bond donors (Lipinski definition) is 1. The molecular formula is C20H29ClN2O2S. The third-order valence-corrected chi connectivity index (χ3v) is 6.12. The van der Waals surface area contributed by atoms with Crippen LogP contribution in [0.25, 0.3) is 0 Å². The zero-order valence-electron chi connectivity index (χ0n) is 15.8. The van der Waals surface area contributed by atoms with E-state index in [0.717, 1.165) is 24.8 Å². The lowest BCUT2D eigenvalue weighted by atomic mass is 9.74. The van der Waals surface area contributed by atoms with Crippen molar-refractivity contribution in [3.8, 4) is 0 Å². The van der Waals surface area contributed by atoms with Gasteiger partial charge in [0.05, 0.1) is 22.4 Å². The Morgan fingerprint density at radius 3 is 2.65 bits per heavy atom. The third kappa shape index (κ3) is 4.76. The van der Waals surface area contributed by atoms with Gasteiger partial charge in [0, 0.05) is 23.9 Å². The minimum atomic E-state index is -1.11. The topological polar surface area (TPSA) is 49.4 Å². The Balaban J connectivity index is 2.38. The summed E-state index contributed by atoms with van der Waals surface area (Å²) < 4.78 is 14.5. The van der Waals surface area contributed by atoms with Gasteiger partial charge in [-0.05, 0) is 43.4 Å². The van der Waals surface area contributed by atoms with E-state index < -0.39 is 16.4 Å². The Kier molecular flexibility index (Phi) is 7.44. The van der Waals surface area contributed by atoms with Gasteiger partial charge in [-0.25, -0.2) is 8.93 Å². The van der Waals surface area contributed by atoms with Crippen LogP contribution in [0.4, 0.5) is 0 Å². The number of carbonyl (C=O) groups is 1. The normalized spacial score (nSPS) is 25.8. The van der Waals surface area contributed by atoms with Crippen LogP contribution >= 0.6 is 11.6 Å². The molecular weight excluding hydrogens is 368 g/mol. The van der Waals surface area contributed by atoms with E-state index in [0.29, 0.717) is 18.0 Å². The van der Waals surface area contributed by atoms with Crippen molar-refractivity contribution in [2.75, 3.05) is 12.8 Å². The van der Waals surface area contributed by atoms with Gasteiger partial charge < -0.3 is 4.90 Å². The van der Waals surface area contributed by atoms with E-state index in [9.17, 15) is 9.00 Å². The standard InChI is InChI=1S/C20H29ClN2O2S/c1-5-12-20(3)13-11-18(15-7-9-16(21)10-8-15)23(19(20)24)17(6-2)14-22-26(4)25/h5,7-10,17-18,22H,1,6,11-14H2,2-4H3/t17?,18?,20-,26?/m0/s1. The van der Waals surface area contributed by atoms with Crippen LogP contribution in [0.5, 0.6) is 0 Å². The van der Waals surface area contributed by atoms with Gasteiger partial charge >= 0.3 is 0 Å². The summed E-state index contributed by atoms with van der Waals surface area (Å²) in [6.45, 7) is 8.44. The quantitative estimate of drug-likeness (QED) is 0.668. The van der Waals surface area contributed by atoms with E-state index in [1.165, 1.54) is 0 Å². The SMILES string of the molecule is C=CC[C@@]1(C)CCC(c2ccc(Cl)cc2)N(C(CC)CNS(C)=O)C1=O. The van der Waals surface area contributed by atoms with Crippen LogP contribution in [-0.4, -0.2) is 33.9 Å². The highest BCUT2D eigenvalue weighted by Gasteiger charge is 2.45. The van der Waals surface area contributed by atoms with Gasteiger partial charge in [-0.3, -0.25) is 4.79 Å². The maximum Gasteiger partial charge on any atom is 0.229 e. The average Bonchev–Trinajstić information content (AvgIpc) is 2.60. The lowest BCUT2D eigenvalue weighted by molar-refractivity contribution is -0.152. The molecule has 1 fully saturated rings. The molecule has 2 rings (SSSR count). The zero-order valence-corrected chi connectivity index (χ0v) is 17.4. The Morgan fingerprint density at radius 1 is 1.46 bits per heavy atom. The van der Waals surface area contributed by atoms with Crippen molar-refractivity contribution in [2.24, 2.45) is 5.41 Å². The van der Waals surface area contributed by atoms with E-state index in [1.54, 1.807) is 6.26 Å². The average molecular weight is 397 g/mol. The molecule has 0 aromatic heterocycles. The summed E-state index contributed by atoms with van der Waals surface area (Å²) in [7, 11) is -1.11. The molecule has 4 nitrogen and oxygen atoms in total. The van der Waals surface area contributed by atoms with Crippen molar-refractivity contribution >= 4 is 28.5 Å². The molecule has 1 heterocycles. The van der Waals surface area contributed by atoms with Gasteiger partial charge in [-0.1, -0.05) is 43.7 Å². The fourth-order valence-electron chi connectivity index (χ4n) is 3.75. The Hall–Kier alpha value is -1.17. The number of rotatable bonds is 8. The van der Waals surface area contributed by atoms with Crippen LogP contribution in [0, 0.1) is 5.41 Å². The Morgan fingerprint density at radius 2 is 2.12 bits per heavy atom. The van der Waals surface area contributed by atoms with Crippen LogP contribution in [0.1, 0.15) is 51.1 Å². The molecule has 0 spiro atoms. The number of benzene rings is 1. The van der Waals surface area contributed by atoms with Crippen LogP contribution in [0.15, 0.2) is 36.9 Å². The van der Waals surface area contributed by atoms with Crippen molar-refractivity contribution in [1.29, 1.82) is 0 Å². The lowest BCUT2D eigenvalue weighted by Gasteiger charge is -2.48. The first kappa shape index (κ1) is 21.1. The van der Waals surface area contributed by atoms with Gasteiger partial charge in [0.1, 0.15) is 0 Å². The third-order valence-electron chi connectivity index (χ3n) is 5.29. The first-order chi connectivity index (χ1) is 12.3. The van der Waals surface area contributed by atoms with E-state index >= 15 is 0 Å². The second kappa shape index (κ2) is 9.16. The molecule has 26 heavy (non-hydrogen) atoms. The number of carbonyl (C=O) groups excluding carboxylic acids is 1. The fourth-order valence-corrected chi connectivity index (χ4v) is 4.30. The van der Waals surface area contributed by atoms with Gasteiger partial charge in [-0.15, -0.1) is 6.58 Å². The Bertz CT molecular complexity index is 664. The number of nitrogens with zero attached hydrogens (tertiary/aromatic N) is 1. The van der Waals surface area contributed by atoms with Crippen molar-refractivity contribution in [1.82, 2.24) is 9.62 Å². The molecule has 6 heteroatoms.